The molecular formula is C30H30N4O8S2. The summed E-state index contributed by atoms with van der Waals surface area (Å²) < 4.78 is 15.8. The summed E-state index contributed by atoms with van der Waals surface area (Å²) in [6, 6.07) is 13.0. The van der Waals surface area contributed by atoms with Crippen LogP contribution in [-0.2, 0) is 40.5 Å². The second-order valence-electron chi connectivity index (χ2n) is 9.43. The summed E-state index contributed by atoms with van der Waals surface area (Å²) in [5.74, 6) is -1.50. The topological polar surface area (TPSA) is 148 Å². The van der Waals surface area contributed by atoms with Gasteiger partial charge in [-0.1, -0.05) is 24.3 Å². The largest absolute Gasteiger partial charge is 0.478 e. The molecule has 2 aromatic carbocycles. The highest BCUT2D eigenvalue weighted by Crippen LogP contribution is 2.16. The zero-order chi connectivity index (χ0) is 31.3. The molecule has 230 valence electrons. The van der Waals surface area contributed by atoms with E-state index in [1.165, 1.54) is 51.7 Å². The third kappa shape index (κ3) is 9.61. The molecule has 14 heteroatoms. The summed E-state index contributed by atoms with van der Waals surface area (Å²) in [6.07, 6.45) is 2.54. The highest BCUT2D eigenvalue weighted by molar-refractivity contribution is 7.09. The number of hydrogen-bond donors (Lipinski definition) is 1. The second kappa shape index (κ2) is 16.1. The molecule has 0 aliphatic heterocycles. The Bertz CT molecular complexity index is 1510. The Hall–Kier alpha value is -4.82. The van der Waals surface area contributed by atoms with Crippen LogP contribution in [0.25, 0.3) is 0 Å². The average molecular weight is 639 g/mol. The SMILES string of the molecule is COC(=O)c1ccc(CN(CCCN(Cc2ccc(C(=O)O)cc2)C(=O)OCc2cncs2)C(=O)OCc2cncs2)cc1. The van der Waals surface area contributed by atoms with Gasteiger partial charge in [-0.2, -0.15) is 0 Å². The van der Waals surface area contributed by atoms with Crippen LogP contribution in [0.2, 0.25) is 0 Å². The monoisotopic (exact) mass is 638 g/mol. The van der Waals surface area contributed by atoms with Crippen molar-refractivity contribution in [1.29, 1.82) is 0 Å². The Morgan fingerprint density at radius 2 is 1.18 bits per heavy atom. The van der Waals surface area contributed by atoms with Gasteiger partial charge in [-0.05, 0) is 41.8 Å². The van der Waals surface area contributed by atoms with E-state index < -0.39 is 24.1 Å². The number of hydrogen-bond acceptors (Lipinski definition) is 11. The normalized spacial score (nSPS) is 10.6. The molecule has 44 heavy (non-hydrogen) atoms. The van der Waals surface area contributed by atoms with Gasteiger partial charge in [0.05, 0.1) is 39.0 Å². The van der Waals surface area contributed by atoms with E-state index in [2.05, 4.69) is 9.97 Å². The van der Waals surface area contributed by atoms with Crippen molar-refractivity contribution in [2.24, 2.45) is 0 Å². The number of aromatic carboxylic acids is 1. The van der Waals surface area contributed by atoms with Gasteiger partial charge in [0.25, 0.3) is 0 Å². The van der Waals surface area contributed by atoms with E-state index in [0.29, 0.717) is 12.0 Å². The first-order valence-electron chi connectivity index (χ1n) is 13.4. The Kier molecular flexibility index (Phi) is 11.8. The first-order valence-corrected chi connectivity index (χ1v) is 15.2. The van der Waals surface area contributed by atoms with Crippen LogP contribution >= 0.6 is 22.7 Å². The van der Waals surface area contributed by atoms with Crippen LogP contribution < -0.4 is 0 Å². The quantitative estimate of drug-likeness (QED) is 0.140. The molecular weight excluding hydrogens is 608 g/mol. The van der Waals surface area contributed by atoms with Crippen molar-refractivity contribution >= 4 is 46.8 Å². The van der Waals surface area contributed by atoms with E-state index in [4.69, 9.17) is 14.2 Å². The fraction of sp³-hybridized carbons (Fsp3) is 0.267. The lowest BCUT2D eigenvalue weighted by molar-refractivity contribution is 0.0599. The lowest BCUT2D eigenvalue weighted by atomic mass is 10.1. The van der Waals surface area contributed by atoms with Crippen LogP contribution in [0.5, 0.6) is 0 Å². The predicted molar refractivity (Wildman–Crippen MR) is 161 cm³/mol. The molecule has 0 aliphatic rings. The standard InChI is InChI=1S/C30H30N4O8S2/c1-40-28(37)24-9-5-22(6-10-24)16-34(30(39)42-18-26-14-32-20-44-26)12-2-11-33(29(38)41-17-25-13-31-19-43-25)15-21-3-7-23(8-4-21)27(35)36/h3-10,13-14,19-20H,2,11-12,15-18H2,1H3,(H,35,36). The summed E-state index contributed by atoms with van der Waals surface area (Å²) >= 11 is 2.74. The molecule has 0 saturated carbocycles. The van der Waals surface area contributed by atoms with Crippen molar-refractivity contribution in [3.05, 3.63) is 104 Å². The van der Waals surface area contributed by atoms with Crippen LogP contribution in [0.4, 0.5) is 9.59 Å². The van der Waals surface area contributed by atoms with Gasteiger partial charge in [-0.15, -0.1) is 22.7 Å². The van der Waals surface area contributed by atoms with Gasteiger partial charge in [0, 0.05) is 38.6 Å². The first-order chi connectivity index (χ1) is 21.3. The van der Waals surface area contributed by atoms with E-state index in [1.54, 1.807) is 59.8 Å². The number of benzene rings is 2. The summed E-state index contributed by atoms with van der Waals surface area (Å²) in [6.45, 7) is 1.000. The number of carbonyl (C=O) groups excluding carboxylic acids is 3. The van der Waals surface area contributed by atoms with Crippen LogP contribution in [0.15, 0.2) is 71.9 Å². The van der Waals surface area contributed by atoms with E-state index in [9.17, 15) is 24.3 Å². The fourth-order valence-electron chi connectivity index (χ4n) is 4.05. The molecule has 1 N–H and O–H groups in total. The van der Waals surface area contributed by atoms with Crippen molar-refractivity contribution in [2.75, 3.05) is 20.2 Å². The average Bonchev–Trinajstić information content (AvgIpc) is 3.76. The number of amides is 2. The number of rotatable bonds is 14. The molecule has 0 unspecified atom stereocenters. The van der Waals surface area contributed by atoms with E-state index in [0.717, 1.165) is 20.9 Å². The number of carbonyl (C=O) groups is 4. The molecule has 2 aromatic heterocycles. The molecule has 12 nitrogen and oxygen atoms in total. The highest BCUT2D eigenvalue weighted by atomic mass is 32.1. The van der Waals surface area contributed by atoms with Crippen molar-refractivity contribution in [1.82, 2.24) is 19.8 Å². The highest BCUT2D eigenvalue weighted by Gasteiger charge is 2.20. The Labute approximate surface area is 261 Å². The minimum absolute atomic E-state index is 0.0650. The van der Waals surface area contributed by atoms with Crippen LogP contribution in [0, 0.1) is 0 Å². The van der Waals surface area contributed by atoms with Crippen molar-refractivity contribution in [3.63, 3.8) is 0 Å². The summed E-state index contributed by atoms with van der Waals surface area (Å²) in [5, 5.41) is 9.21. The summed E-state index contributed by atoms with van der Waals surface area (Å²) in [4.78, 5) is 61.9. The maximum Gasteiger partial charge on any atom is 0.410 e. The fourth-order valence-corrected chi connectivity index (χ4v) is 5.07. The minimum Gasteiger partial charge on any atom is -0.478 e. The van der Waals surface area contributed by atoms with Gasteiger partial charge < -0.3 is 29.1 Å². The third-order valence-corrected chi connectivity index (χ3v) is 7.84. The lowest BCUT2D eigenvalue weighted by Crippen LogP contribution is -2.36. The molecule has 0 spiro atoms. The number of carboxylic acids is 1. The summed E-state index contributed by atoms with van der Waals surface area (Å²) in [5.41, 5.74) is 5.32. The van der Waals surface area contributed by atoms with Gasteiger partial charge >= 0.3 is 24.1 Å². The van der Waals surface area contributed by atoms with Gasteiger partial charge in [-0.3, -0.25) is 9.97 Å². The second-order valence-corrected chi connectivity index (χ2v) is 11.4. The minimum atomic E-state index is -1.04. The third-order valence-electron chi connectivity index (χ3n) is 6.34. The maximum absolute atomic E-state index is 13.1. The molecule has 0 bridgehead atoms. The first kappa shape index (κ1) is 32.1. The van der Waals surface area contributed by atoms with Crippen molar-refractivity contribution < 1.29 is 38.5 Å². The number of aromatic nitrogens is 2. The van der Waals surface area contributed by atoms with Gasteiger partial charge in [0.2, 0.25) is 0 Å². The molecule has 0 aliphatic carbocycles. The zero-order valence-corrected chi connectivity index (χ0v) is 25.4. The molecule has 4 aromatic rings. The Morgan fingerprint density at radius 1 is 0.727 bits per heavy atom. The lowest BCUT2D eigenvalue weighted by Gasteiger charge is -2.26. The molecule has 2 heterocycles. The van der Waals surface area contributed by atoms with Gasteiger partial charge in [0.1, 0.15) is 13.2 Å². The smallest absolute Gasteiger partial charge is 0.410 e. The van der Waals surface area contributed by atoms with Crippen LogP contribution in [-0.4, -0.2) is 69.2 Å². The number of ether oxygens (including phenoxy) is 3. The van der Waals surface area contributed by atoms with Crippen molar-refractivity contribution in [3.8, 4) is 0 Å². The van der Waals surface area contributed by atoms with E-state index >= 15 is 0 Å². The Morgan fingerprint density at radius 3 is 1.57 bits per heavy atom. The zero-order valence-electron chi connectivity index (χ0n) is 23.8. The van der Waals surface area contributed by atoms with Crippen molar-refractivity contribution in [2.45, 2.75) is 32.7 Å². The number of carboxylic acid groups (broad SMARTS) is 1. The van der Waals surface area contributed by atoms with Crippen LogP contribution in [0.3, 0.4) is 0 Å². The molecule has 4 rings (SSSR count). The van der Waals surface area contributed by atoms with Gasteiger partial charge in [-0.25, -0.2) is 19.2 Å². The molecule has 0 fully saturated rings. The molecule has 2 amide bonds. The number of esters is 1. The number of thiazole rings is 2. The van der Waals surface area contributed by atoms with Gasteiger partial charge in [0.15, 0.2) is 0 Å². The molecule has 0 radical (unpaired) electrons. The summed E-state index contributed by atoms with van der Waals surface area (Å²) in [7, 11) is 1.31. The molecule has 0 atom stereocenters. The van der Waals surface area contributed by atoms with E-state index in [1.807, 2.05) is 0 Å². The number of methoxy groups -OCH3 is 1. The van der Waals surface area contributed by atoms with E-state index in [-0.39, 0.29) is 45.0 Å². The molecule has 0 saturated heterocycles. The predicted octanol–water partition coefficient (Wildman–Crippen LogP) is 5.45. The Balaban J connectivity index is 1.44. The van der Waals surface area contributed by atoms with Crippen LogP contribution in [0.1, 0.15) is 48.0 Å². The number of nitrogens with zero attached hydrogens (tertiary/aromatic N) is 4. The maximum atomic E-state index is 13.1.